The highest BCUT2D eigenvalue weighted by atomic mass is 16.7. The van der Waals surface area contributed by atoms with Gasteiger partial charge in [0.05, 0.1) is 0 Å². The molecule has 1 heterocycles. The molecule has 0 radical (unpaired) electrons. The lowest BCUT2D eigenvalue weighted by Gasteiger charge is -2.11. The van der Waals surface area contributed by atoms with Crippen LogP contribution in [0, 0.1) is 6.92 Å². The quantitative estimate of drug-likeness (QED) is 0.910. The average Bonchev–Trinajstić information content (AvgIpc) is 2.95. The number of fused-ring (bicyclic) bond motifs is 1. The van der Waals surface area contributed by atoms with Crippen molar-refractivity contribution in [2.24, 2.45) is 0 Å². The van der Waals surface area contributed by atoms with Crippen LogP contribution in [0.4, 0.5) is 0 Å². The summed E-state index contributed by atoms with van der Waals surface area (Å²) in [6, 6.07) is 11.9. The first-order valence-corrected chi connectivity index (χ1v) is 7.14. The van der Waals surface area contributed by atoms with E-state index in [9.17, 15) is 0 Å². The molecule has 110 valence electrons. The Morgan fingerprint density at radius 1 is 1.10 bits per heavy atom. The smallest absolute Gasteiger partial charge is 0.231 e. The maximum atomic E-state index is 5.99. The van der Waals surface area contributed by atoms with Crippen molar-refractivity contribution in [1.29, 1.82) is 0 Å². The average molecular weight is 285 g/mol. The van der Waals surface area contributed by atoms with Crippen molar-refractivity contribution >= 4 is 0 Å². The highest BCUT2D eigenvalue weighted by Crippen LogP contribution is 2.37. The first-order valence-electron chi connectivity index (χ1n) is 7.14. The number of hydrogen-bond acceptors (Lipinski definition) is 4. The number of hydrogen-bond donors (Lipinski definition) is 1. The molecule has 0 saturated heterocycles. The van der Waals surface area contributed by atoms with Crippen molar-refractivity contribution in [2.45, 2.75) is 20.4 Å². The first-order chi connectivity index (χ1) is 10.3. The minimum Gasteiger partial charge on any atom is -0.457 e. The SMILES string of the molecule is CCNCc1ccc(C)c(Oc2ccc3c(c2)OCO3)c1. The third kappa shape index (κ3) is 3.11. The lowest BCUT2D eigenvalue weighted by molar-refractivity contribution is 0.174. The van der Waals surface area contributed by atoms with E-state index in [-0.39, 0.29) is 6.79 Å². The summed E-state index contributed by atoms with van der Waals surface area (Å²) in [5.74, 6) is 3.11. The standard InChI is InChI=1S/C17H19NO3/c1-3-18-10-13-5-4-12(2)16(8-13)21-14-6-7-15-17(9-14)20-11-19-15/h4-9,18H,3,10-11H2,1-2H3. The summed E-state index contributed by atoms with van der Waals surface area (Å²) in [5, 5.41) is 3.32. The van der Waals surface area contributed by atoms with Crippen molar-refractivity contribution in [3.05, 3.63) is 47.5 Å². The number of rotatable bonds is 5. The molecule has 0 amide bonds. The van der Waals surface area contributed by atoms with Crippen LogP contribution < -0.4 is 19.5 Å². The third-order valence-electron chi connectivity index (χ3n) is 3.40. The van der Waals surface area contributed by atoms with Gasteiger partial charge in [-0.05, 0) is 42.8 Å². The molecule has 3 rings (SSSR count). The van der Waals surface area contributed by atoms with Gasteiger partial charge in [-0.2, -0.15) is 0 Å². The van der Waals surface area contributed by atoms with Crippen molar-refractivity contribution in [3.63, 3.8) is 0 Å². The van der Waals surface area contributed by atoms with Gasteiger partial charge in [-0.15, -0.1) is 0 Å². The fraction of sp³-hybridized carbons (Fsp3) is 0.294. The van der Waals surface area contributed by atoms with Gasteiger partial charge in [-0.3, -0.25) is 0 Å². The minimum atomic E-state index is 0.274. The summed E-state index contributed by atoms with van der Waals surface area (Å²) in [5.41, 5.74) is 2.31. The van der Waals surface area contributed by atoms with Gasteiger partial charge >= 0.3 is 0 Å². The fourth-order valence-corrected chi connectivity index (χ4v) is 2.20. The Labute approximate surface area is 124 Å². The van der Waals surface area contributed by atoms with E-state index in [2.05, 4.69) is 30.4 Å². The molecular weight excluding hydrogens is 266 g/mol. The molecule has 4 nitrogen and oxygen atoms in total. The van der Waals surface area contributed by atoms with Gasteiger partial charge in [0.25, 0.3) is 0 Å². The molecule has 0 aromatic heterocycles. The molecule has 1 aliphatic heterocycles. The molecular formula is C17H19NO3. The van der Waals surface area contributed by atoms with Crippen LogP contribution in [-0.4, -0.2) is 13.3 Å². The molecule has 0 atom stereocenters. The van der Waals surface area contributed by atoms with Crippen LogP contribution in [0.2, 0.25) is 0 Å². The highest BCUT2D eigenvalue weighted by molar-refractivity contribution is 5.49. The Morgan fingerprint density at radius 3 is 2.81 bits per heavy atom. The number of benzene rings is 2. The Balaban J connectivity index is 1.80. The Hall–Kier alpha value is -2.20. The number of ether oxygens (including phenoxy) is 3. The van der Waals surface area contributed by atoms with Crippen LogP contribution in [0.1, 0.15) is 18.1 Å². The predicted octanol–water partition coefficient (Wildman–Crippen LogP) is 3.63. The summed E-state index contributed by atoms with van der Waals surface area (Å²) in [7, 11) is 0. The van der Waals surface area contributed by atoms with E-state index in [4.69, 9.17) is 14.2 Å². The molecule has 1 aliphatic rings. The van der Waals surface area contributed by atoms with Crippen LogP contribution in [0.15, 0.2) is 36.4 Å². The predicted molar refractivity (Wildman–Crippen MR) is 81.2 cm³/mol. The number of nitrogens with one attached hydrogen (secondary N) is 1. The summed E-state index contributed by atoms with van der Waals surface area (Å²) >= 11 is 0. The van der Waals surface area contributed by atoms with Crippen LogP contribution in [-0.2, 0) is 6.54 Å². The molecule has 0 spiro atoms. The van der Waals surface area contributed by atoms with Crippen molar-refractivity contribution < 1.29 is 14.2 Å². The van der Waals surface area contributed by atoms with Crippen LogP contribution in [0.25, 0.3) is 0 Å². The van der Waals surface area contributed by atoms with Gasteiger partial charge in [-0.1, -0.05) is 19.1 Å². The van der Waals surface area contributed by atoms with Gasteiger partial charge in [-0.25, -0.2) is 0 Å². The van der Waals surface area contributed by atoms with Crippen LogP contribution in [0.3, 0.4) is 0 Å². The van der Waals surface area contributed by atoms with Crippen molar-refractivity contribution in [3.8, 4) is 23.0 Å². The van der Waals surface area contributed by atoms with E-state index in [1.165, 1.54) is 5.56 Å². The molecule has 4 heteroatoms. The molecule has 21 heavy (non-hydrogen) atoms. The molecule has 2 aromatic rings. The zero-order valence-corrected chi connectivity index (χ0v) is 12.3. The van der Waals surface area contributed by atoms with Gasteiger partial charge in [0.15, 0.2) is 11.5 Å². The molecule has 0 fully saturated rings. The molecule has 1 N–H and O–H groups in total. The van der Waals surface area contributed by atoms with E-state index in [1.807, 2.05) is 25.1 Å². The molecule has 0 aliphatic carbocycles. The summed E-state index contributed by atoms with van der Waals surface area (Å²) in [6.45, 7) is 6.20. The van der Waals surface area contributed by atoms with E-state index in [0.29, 0.717) is 0 Å². The maximum Gasteiger partial charge on any atom is 0.231 e. The van der Waals surface area contributed by atoms with Crippen molar-refractivity contribution in [1.82, 2.24) is 5.32 Å². The van der Waals surface area contributed by atoms with Gasteiger partial charge < -0.3 is 19.5 Å². The largest absolute Gasteiger partial charge is 0.457 e. The second-order valence-corrected chi connectivity index (χ2v) is 5.00. The third-order valence-corrected chi connectivity index (χ3v) is 3.40. The van der Waals surface area contributed by atoms with E-state index >= 15 is 0 Å². The zero-order chi connectivity index (χ0) is 14.7. The Bertz CT molecular complexity index is 640. The second kappa shape index (κ2) is 6.06. The first kappa shape index (κ1) is 13.8. The lowest BCUT2D eigenvalue weighted by atomic mass is 10.1. The van der Waals surface area contributed by atoms with E-state index < -0.39 is 0 Å². The topological polar surface area (TPSA) is 39.7 Å². The Morgan fingerprint density at radius 2 is 1.95 bits per heavy atom. The van der Waals surface area contributed by atoms with E-state index in [0.717, 1.165) is 41.7 Å². The highest BCUT2D eigenvalue weighted by Gasteiger charge is 2.14. The monoisotopic (exact) mass is 285 g/mol. The number of aryl methyl sites for hydroxylation is 1. The minimum absolute atomic E-state index is 0.274. The Kier molecular flexibility index (Phi) is 3.97. The van der Waals surface area contributed by atoms with Gasteiger partial charge in [0.2, 0.25) is 6.79 Å². The molecule has 0 bridgehead atoms. The maximum absolute atomic E-state index is 5.99. The van der Waals surface area contributed by atoms with Gasteiger partial charge in [0, 0.05) is 12.6 Å². The summed E-state index contributed by atoms with van der Waals surface area (Å²) < 4.78 is 16.7. The summed E-state index contributed by atoms with van der Waals surface area (Å²) in [6.07, 6.45) is 0. The fourth-order valence-electron chi connectivity index (χ4n) is 2.20. The molecule has 0 unspecified atom stereocenters. The molecule has 2 aromatic carbocycles. The second-order valence-electron chi connectivity index (χ2n) is 5.00. The van der Waals surface area contributed by atoms with E-state index in [1.54, 1.807) is 0 Å². The normalized spacial score (nSPS) is 12.5. The summed E-state index contributed by atoms with van der Waals surface area (Å²) in [4.78, 5) is 0. The van der Waals surface area contributed by atoms with Gasteiger partial charge in [0.1, 0.15) is 11.5 Å². The van der Waals surface area contributed by atoms with Crippen molar-refractivity contribution in [2.75, 3.05) is 13.3 Å². The van der Waals surface area contributed by atoms with Crippen LogP contribution >= 0.6 is 0 Å². The lowest BCUT2D eigenvalue weighted by Crippen LogP contribution is -2.11. The van der Waals surface area contributed by atoms with Crippen LogP contribution in [0.5, 0.6) is 23.0 Å². The molecule has 0 saturated carbocycles. The zero-order valence-electron chi connectivity index (χ0n) is 12.3.